The molecular weight excluding hydrogens is 208 g/mol. The second-order valence-corrected chi connectivity index (χ2v) is 5.30. The number of rotatable bonds is 6. The third-order valence-corrected chi connectivity index (χ3v) is 3.15. The highest BCUT2D eigenvalue weighted by Gasteiger charge is 2.11. The summed E-state index contributed by atoms with van der Waals surface area (Å²) >= 11 is 0. The molecule has 1 N–H and O–H groups in total. The molecule has 0 heterocycles. The first-order valence-corrected chi connectivity index (χ1v) is 6.51. The van der Waals surface area contributed by atoms with E-state index in [0.717, 1.165) is 13.1 Å². The van der Waals surface area contributed by atoms with E-state index in [9.17, 15) is 0 Å². The van der Waals surface area contributed by atoms with Gasteiger partial charge < -0.3 is 10.2 Å². The number of nitrogens with zero attached hydrogens (tertiary/aromatic N) is 1. The van der Waals surface area contributed by atoms with Crippen LogP contribution in [-0.4, -0.2) is 26.2 Å². The quantitative estimate of drug-likeness (QED) is 0.814. The van der Waals surface area contributed by atoms with Crippen LogP contribution in [0.4, 0.5) is 5.69 Å². The van der Waals surface area contributed by atoms with Crippen LogP contribution in [0.25, 0.3) is 0 Å². The fraction of sp³-hybridized carbons (Fsp3) is 0.600. The molecular formula is C15H26N2. The van der Waals surface area contributed by atoms with Crippen molar-refractivity contribution in [2.45, 2.75) is 33.7 Å². The SMILES string of the molecule is Cc1ccccc1N(C)C(C)CNCC(C)C. The van der Waals surface area contributed by atoms with E-state index in [1.54, 1.807) is 0 Å². The summed E-state index contributed by atoms with van der Waals surface area (Å²) in [5.74, 6) is 0.714. The summed E-state index contributed by atoms with van der Waals surface area (Å²) in [6, 6.07) is 9.06. The average molecular weight is 234 g/mol. The number of para-hydroxylation sites is 1. The lowest BCUT2D eigenvalue weighted by Gasteiger charge is -2.29. The molecule has 0 saturated carbocycles. The number of likely N-dealkylation sites (N-methyl/N-ethyl adjacent to an activating group) is 1. The summed E-state index contributed by atoms with van der Waals surface area (Å²) in [6.07, 6.45) is 0. The normalized spacial score (nSPS) is 12.8. The fourth-order valence-electron chi connectivity index (χ4n) is 1.91. The zero-order chi connectivity index (χ0) is 12.8. The highest BCUT2D eigenvalue weighted by atomic mass is 15.1. The molecule has 0 aliphatic rings. The highest BCUT2D eigenvalue weighted by Crippen LogP contribution is 2.19. The zero-order valence-electron chi connectivity index (χ0n) is 11.8. The minimum atomic E-state index is 0.509. The van der Waals surface area contributed by atoms with Crippen molar-refractivity contribution in [3.63, 3.8) is 0 Å². The molecule has 0 aliphatic carbocycles. The Morgan fingerprint density at radius 1 is 1.12 bits per heavy atom. The van der Waals surface area contributed by atoms with Crippen molar-refractivity contribution in [3.8, 4) is 0 Å². The van der Waals surface area contributed by atoms with E-state index in [0.29, 0.717) is 12.0 Å². The summed E-state index contributed by atoms with van der Waals surface area (Å²) in [5.41, 5.74) is 2.66. The Morgan fingerprint density at radius 2 is 1.76 bits per heavy atom. The van der Waals surface area contributed by atoms with E-state index in [1.807, 2.05) is 0 Å². The Hall–Kier alpha value is -1.02. The maximum atomic E-state index is 3.51. The largest absolute Gasteiger partial charge is 0.370 e. The molecule has 1 rings (SSSR count). The van der Waals surface area contributed by atoms with Crippen LogP contribution < -0.4 is 10.2 Å². The summed E-state index contributed by atoms with van der Waals surface area (Å²) in [4.78, 5) is 2.35. The van der Waals surface area contributed by atoms with E-state index in [-0.39, 0.29) is 0 Å². The Kier molecular flexibility index (Phi) is 5.49. The van der Waals surface area contributed by atoms with E-state index >= 15 is 0 Å². The lowest BCUT2D eigenvalue weighted by Crippen LogP contribution is -2.39. The zero-order valence-corrected chi connectivity index (χ0v) is 11.8. The molecule has 0 aliphatic heterocycles. The van der Waals surface area contributed by atoms with Gasteiger partial charge in [-0.15, -0.1) is 0 Å². The van der Waals surface area contributed by atoms with Crippen molar-refractivity contribution in [1.29, 1.82) is 0 Å². The summed E-state index contributed by atoms with van der Waals surface area (Å²) < 4.78 is 0. The van der Waals surface area contributed by atoms with Crippen LogP contribution in [0, 0.1) is 12.8 Å². The Bertz CT molecular complexity index is 333. The molecule has 1 unspecified atom stereocenters. The summed E-state index contributed by atoms with van der Waals surface area (Å²) in [6.45, 7) is 11.0. The predicted molar refractivity (Wildman–Crippen MR) is 76.8 cm³/mol. The van der Waals surface area contributed by atoms with Crippen molar-refractivity contribution < 1.29 is 0 Å². The monoisotopic (exact) mass is 234 g/mol. The third-order valence-electron chi connectivity index (χ3n) is 3.15. The second-order valence-electron chi connectivity index (χ2n) is 5.30. The van der Waals surface area contributed by atoms with Gasteiger partial charge in [0.2, 0.25) is 0 Å². The van der Waals surface area contributed by atoms with Gasteiger partial charge in [-0.05, 0) is 37.9 Å². The van der Waals surface area contributed by atoms with Crippen molar-refractivity contribution in [2.75, 3.05) is 25.0 Å². The third kappa shape index (κ3) is 4.39. The lowest BCUT2D eigenvalue weighted by atomic mass is 10.1. The van der Waals surface area contributed by atoms with Crippen molar-refractivity contribution in [3.05, 3.63) is 29.8 Å². The van der Waals surface area contributed by atoms with Crippen molar-refractivity contribution >= 4 is 5.69 Å². The number of anilines is 1. The highest BCUT2D eigenvalue weighted by molar-refractivity contribution is 5.52. The van der Waals surface area contributed by atoms with Gasteiger partial charge in [0.1, 0.15) is 0 Å². The predicted octanol–water partition coefficient (Wildman–Crippen LogP) is 3.07. The standard InChI is InChI=1S/C15H26N2/c1-12(2)10-16-11-14(4)17(5)15-9-7-6-8-13(15)3/h6-9,12,14,16H,10-11H2,1-5H3. The number of hydrogen-bond donors (Lipinski definition) is 1. The van der Waals surface area contributed by atoms with E-state index in [1.165, 1.54) is 11.3 Å². The molecule has 0 fully saturated rings. The van der Waals surface area contributed by atoms with E-state index in [4.69, 9.17) is 0 Å². The molecule has 2 nitrogen and oxygen atoms in total. The van der Waals surface area contributed by atoms with Crippen LogP contribution in [0.2, 0.25) is 0 Å². The molecule has 0 bridgehead atoms. The van der Waals surface area contributed by atoms with Gasteiger partial charge in [-0.3, -0.25) is 0 Å². The smallest absolute Gasteiger partial charge is 0.0396 e. The van der Waals surface area contributed by atoms with E-state index in [2.05, 4.69) is 69.2 Å². The number of hydrogen-bond acceptors (Lipinski definition) is 2. The topological polar surface area (TPSA) is 15.3 Å². The fourth-order valence-corrected chi connectivity index (χ4v) is 1.91. The van der Waals surface area contributed by atoms with Crippen LogP contribution in [0.15, 0.2) is 24.3 Å². The Morgan fingerprint density at radius 3 is 2.35 bits per heavy atom. The van der Waals surface area contributed by atoms with Crippen LogP contribution in [0.5, 0.6) is 0 Å². The molecule has 1 atom stereocenters. The first-order chi connectivity index (χ1) is 8.02. The minimum absolute atomic E-state index is 0.509. The maximum absolute atomic E-state index is 3.51. The van der Waals surface area contributed by atoms with Crippen LogP contribution >= 0.6 is 0 Å². The molecule has 17 heavy (non-hydrogen) atoms. The minimum Gasteiger partial charge on any atom is -0.370 e. The Labute approximate surface area is 106 Å². The summed E-state index contributed by atoms with van der Waals surface area (Å²) in [5, 5.41) is 3.51. The first-order valence-electron chi connectivity index (χ1n) is 6.51. The lowest BCUT2D eigenvalue weighted by molar-refractivity contribution is 0.518. The molecule has 1 aromatic rings. The molecule has 0 amide bonds. The second kappa shape index (κ2) is 6.65. The van der Waals surface area contributed by atoms with E-state index < -0.39 is 0 Å². The number of aryl methyl sites for hydroxylation is 1. The molecule has 0 spiro atoms. The number of nitrogens with one attached hydrogen (secondary N) is 1. The van der Waals surface area contributed by atoms with Crippen molar-refractivity contribution in [2.24, 2.45) is 5.92 Å². The average Bonchev–Trinajstić information content (AvgIpc) is 2.28. The molecule has 0 saturated heterocycles. The van der Waals surface area contributed by atoms with Gasteiger partial charge >= 0.3 is 0 Å². The maximum Gasteiger partial charge on any atom is 0.0396 e. The van der Waals surface area contributed by atoms with Crippen molar-refractivity contribution in [1.82, 2.24) is 5.32 Å². The molecule has 2 heteroatoms. The summed E-state index contributed by atoms with van der Waals surface area (Å²) in [7, 11) is 2.17. The molecule has 0 aromatic heterocycles. The van der Waals surface area contributed by atoms with Crippen LogP contribution in [0.3, 0.4) is 0 Å². The van der Waals surface area contributed by atoms with Crippen LogP contribution in [0.1, 0.15) is 26.3 Å². The van der Waals surface area contributed by atoms with Gasteiger partial charge in [0.05, 0.1) is 0 Å². The van der Waals surface area contributed by atoms with Gasteiger partial charge in [0.15, 0.2) is 0 Å². The molecule has 96 valence electrons. The van der Waals surface area contributed by atoms with Gasteiger partial charge in [-0.2, -0.15) is 0 Å². The van der Waals surface area contributed by atoms with Gasteiger partial charge in [-0.25, -0.2) is 0 Å². The van der Waals surface area contributed by atoms with Gasteiger partial charge in [-0.1, -0.05) is 32.0 Å². The van der Waals surface area contributed by atoms with Crippen LogP contribution in [-0.2, 0) is 0 Å². The first kappa shape index (κ1) is 14.0. The Balaban J connectivity index is 2.52. The molecule has 0 radical (unpaired) electrons. The molecule has 1 aromatic carbocycles. The number of benzene rings is 1. The van der Waals surface area contributed by atoms with Gasteiger partial charge in [0.25, 0.3) is 0 Å². The van der Waals surface area contributed by atoms with Gasteiger partial charge in [0, 0.05) is 25.3 Å².